The van der Waals surface area contributed by atoms with Gasteiger partial charge in [0.15, 0.2) is 0 Å². The van der Waals surface area contributed by atoms with Gasteiger partial charge in [0.1, 0.15) is 12.1 Å². The first-order valence-electron chi connectivity index (χ1n) is 4.61. The number of aromatic amines is 1. The van der Waals surface area contributed by atoms with Crippen molar-refractivity contribution in [2.45, 2.75) is 6.54 Å². The Labute approximate surface area is 90.3 Å². The van der Waals surface area contributed by atoms with Crippen molar-refractivity contribution in [1.29, 1.82) is 0 Å². The molecular weight excluding hydrogens is 210 g/mol. The van der Waals surface area contributed by atoms with Crippen molar-refractivity contribution in [3.05, 3.63) is 52.6 Å². The first kappa shape index (κ1) is 10.2. The average Bonchev–Trinajstić information content (AvgIpc) is 2.80. The van der Waals surface area contributed by atoms with E-state index in [4.69, 9.17) is 0 Å². The van der Waals surface area contributed by atoms with Crippen LogP contribution in [0.3, 0.4) is 0 Å². The van der Waals surface area contributed by atoms with Crippen molar-refractivity contribution < 1.29 is 9.21 Å². The molecule has 82 valence electrons. The second kappa shape index (κ2) is 4.43. The molecule has 0 spiro atoms. The number of carbonyl (C=O) groups excluding carboxylic acids is 1. The number of imidazole rings is 1. The summed E-state index contributed by atoms with van der Waals surface area (Å²) < 4.78 is 4.58. The largest absolute Gasteiger partial charge is 0.430 e. The van der Waals surface area contributed by atoms with Crippen molar-refractivity contribution in [3.8, 4) is 0 Å². The zero-order valence-electron chi connectivity index (χ0n) is 8.27. The monoisotopic (exact) mass is 219 g/mol. The van der Waals surface area contributed by atoms with Crippen molar-refractivity contribution >= 4 is 5.91 Å². The van der Waals surface area contributed by atoms with Crippen LogP contribution in [0.1, 0.15) is 16.2 Å². The zero-order chi connectivity index (χ0) is 11.4. The van der Waals surface area contributed by atoms with Crippen LogP contribution in [-0.2, 0) is 6.54 Å². The van der Waals surface area contributed by atoms with Crippen LogP contribution < -0.4 is 10.9 Å². The minimum absolute atomic E-state index is 0.297. The standard InChI is InChI=1S/C10H9N3O3/c14-9-2-1-7(6-16-9)10(15)13-5-8-11-3-4-12-8/h1-4,6H,5H2,(H,11,12)(H,13,15). The normalized spacial score (nSPS) is 10.0. The zero-order valence-corrected chi connectivity index (χ0v) is 8.27. The molecule has 2 heterocycles. The van der Waals surface area contributed by atoms with Gasteiger partial charge in [-0.1, -0.05) is 0 Å². The van der Waals surface area contributed by atoms with Crippen LogP contribution in [0.25, 0.3) is 0 Å². The lowest BCUT2D eigenvalue weighted by Gasteiger charge is -2.01. The summed E-state index contributed by atoms with van der Waals surface area (Å²) >= 11 is 0. The summed E-state index contributed by atoms with van der Waals surface area (Å²) in [6.07, 6.45) is 4.39. The van der Waals surface area contributed by atoms with E-state index in [-0.39, 0.29) is 5.91 Å². The molecule has 0 aliphatic carbocycles. The van der Waals surface area contributed by atoms with Crippen molar-refractivity contribution in [1.82, 2.24) is 15.3 Å². The highest BCUT2D eigenvalue weighted by Crippen LogP contribution is 1.96. The van der Waals surface area contributed by atoms with E-state index >= 15 is 0 Å². The molecule has 1 amide bonds. The van der Waals surface area contributed by atoms with Gasteiger partial charge < -0.3 is 14.7 Å². The molecule has 0 aliphatic rings. The van der Waals surface area contributed by atoms with E-state index < -0.39 is 5.63 Å². The SMILES string of the molecule is O=C(NCc1ncc[nH]1)c1ccc(=O)oc1. The van der Waals surface area contributed by atoms with Gasteiger partial charge in [-0.05, 0) is 6.07 Å². The van der Waals surface area contributed by atoms with E-state index in [1.165, 1.54) is 12.1 Å². The fourth-order valence-electron chi connectivity index (χ4n) is 1.15. The number of hydrogen-bond acceptors (Lipinski definition) is 4. The molecule has 2 aromatic rings. The van der Waals surface area contributed by atoms with Crippen molar-refractivity contribution in [3.63, 3.8) is 0 Å². The van der Waals surface area contributed by atoms with Gasteiger partial charge in [-0.15, -0.1) is 0 Å². The molecular formula is C10H9N3O3. The van der Waals surface area contributed by atoms with Gasteiger partial charge in [0, 0.05) is 18.5 Å². The first-order valence-corrected chi connectivity index (χ1v) is 4.61. The summed E-state index contributed by atoms with van der Waals surface area (Å²) in [5.74, 6) is 0.339. The second-order valence-corrected chi connectivity index (χ2v) is 3.06. The van der Waals surface area contributed by atoms with Crippen LogP contribution in [0.2, 0.25) is 0 Å². The van der Waals surface area contributed by atoms with Crippen LogP contribution in [0.15, 0.2) is 40.0 Å². The molecule has 16 heavy (non-hydrogen) atoms. The number of hydrogen-bond donors (Lipinski definition) is 2. The molecule has 0 saturated carbocycles. The molecule has 0 aliphatic heterocycles. The van der Waals surface area contributed by atoms with Crippen LogP contribution in [0.4, 0.5) is 0 Å². The van der Waals surface area contributed by atoms with Crippen molar-refractivity contribution in [2.75, 3.05) is 0 Å². The highest BCUT2D eigenvalue weighted by Gasteiger charge is 2.06. The Morgan fingerprint density at radius 3 is 3.00 bits per heavy atom. The summed E-state index contributed by atoms with van der Waals surface area (Å²) in [5.41, 5.74) is -0.186. The summed E-state index contributed by atoms with van der Waals surface area (Å²) in [6, 6.07) is 2.60. The van der Waals surface area contributed by atoms with Crippen molar-refractivity contribution in [2.24, 2.45) is 0 Å². The predicted octanol–water partition coefficient (Wildman–Crippen LogP) is 0.293. The topological polar surface area (TPSA) is 88.0 Å². The van der Waals surface area contributed by atoms with Gasteiger partial charge in [0.25, 0.3) is 5.91 Å². The molecule has 0 radical (unpaired) electrons. The van der Waals surface area contributed by atoms with E-state index in [1.807, 2.05) is 0 Å². The molecule has 0 saturated heterocycles. The summed E-state index contributed by atoms with van der Waals surface area (Å²) in [7, 11) is 0. The molecule has 6 nitrogen and oxygen atoms in total. The van der Waals surface area contributed by atoms with E-state index in [2.05, 4.69) is 19.7 Å². The maximum absolute atomic E-state index is 11.5. The minimum atomic E-state index is -0.484. The number of nitrogens with zero attached hydrogens (tertiary/aromatic N) is 1. The van der Waals surface area contributed by atoms with E-state index in [0.29, 0.717) is 17.9 Å². The van der Waals surface area contributed by atoms with Gasteiger partial charge in [-0.2, -0.15) is 0 Å². The number of carbonyl (C=O) groups is 1. The lowest BCUT2D eigenvalue weighted by molar-refractivity contribution is 0.0947. The number of rotatable bonds is 3. The third-order valence-corrected chi connectivity index (χ3v) is 1.93. The maximum atomic E-state index is 11.5. The van der Waals surface area contributed by atoms with Crippen LogP contribution in [0, 0.1) is 0 Å². The minimum Gasteiger partial charge on any atom is -0.430 e. The van der Waals surface area contributed by atoms with E-state index in [0.717, 1.165) is 6.26 Å². The third kappa shape index (κ3) is 2.35. The van der Waals surface area contributed by atoms with Gasteiger partial charge >= 0.3 is 5.63 Å². The number of H-pyrrole nitrogens is 1. The smallest absolute Gasteiger partial charge is 0.335 e. The molecule has 2 aromatic heterocycles. The number of amides is 1. The molecule has 2 rings (SSSR count). The van der Waals surface area contributed by atoms with Crippen LogP contribution in [-0.4, -0.2) is 15.9 Å². The summed E-state index contributed by atoms with van der Waals surface area (Å²) in [6.45, 7) is 0.297. The molecule has 0 atom stereocenters. The predicted molar refractivity (Wildman–Crippen MR) is 54.7 cm³/mol. The Morgan fingerprint density at radius 2 is 2.38 bits per heavy atom. The number of aromatic nitrogens is 2. The molecule has 6 heteroatoms. The average molecular weight is 219 g/mol. The Morgan fingerprint density at radius 1 is 1.50 bits per heavy atom. The van der Waals surface area contributed by atoms with Gasteiger partial charge in [-0.3, -0.25) is 4.79 Å². The molecule has 0 unspecified atom stereocenters. The van der Waals surface area contributed by atoms with Gasteiger partial charge in [0.2, 0.25) is 0 Å². The van der Waals surface area contributed by atoms with E-state index in [1.54, 1.807) is 12.4 Å². The van der Waals surface area contributed by atoms with Gasteiger partial charge in [0.05, 0.1) is 12.1 Å². The molecule has 2 N–H and O–H groups in total. The van der Waals surface area contributed by atoms with E-state index in [9.17, 15) is 9.59 Å². The second-order valence-electron chi connectivity index (χ2n) is 3.06. The Balaban J connectivity index is 1.98. The summed E-state index contributed by atoms with van der Waals surface area (Å²) in [4.78, 5) is 29.0. The fourth-order valence-corrected chi connectivity index (χ4v) is 1.15. The third-order valence-electron chi connectivity index (χ3n) is 1.93. The quantitative estimate of drug-likeness (QED) is 0.776. The Kier molecular flexibility index (Phi) is 2.81. The van der Waals surface area contributed by atoms with Crippen LogP contribution >= 0.6 is 0 Å². The Bertz CT molecular complexity index is 510. The highest BCUT2D eigenvalue weighted by atomic mass is 16.4. The molecule has 0 bridgehead atoms. The molecule has 0 fully saturated rings. The Hall–Kier alpha value is -2.37. The number of nitrogens with one attached hydrogen (secondary N) is 2. The lowest BCUT2D eigenvalue weighted by atomic mass is 10.3. The fraction of sp³-hybridized carbons (Fsp3) is 0.100. The van der Waals surface area contributed by atoms with Gasteiger partial charge in [-0.25, -0.2) is 9.78 Å². The molecule has 0 aromatic carbocycles. The van der Waals surface area contributed by atoms with Crippen LogP contribution in [0.5, 0.6) is 0 Å². The maximum Gasteiger partial charge on any atom is 0.335 e. The lowest BCUT2D eigenvalue weighted by Crippen LogP contribution is -2.23. The first-order chi connectivity index (χ1) is 7.75. The summed E-state index contributed by atoms with van der Waals surface area (Å²) in [5, 5.41) is 2.63. The highest BCUT2D eigenvalue weighted by molar-refractivity contribution is 5.93.